The molecule has 0 spiro atoms. The molecule has 0 fully saturated rings. The minimum atomic E-state index is -0.346. The Balaban J connectivity index is 2.68. The van der Waals surface area contributed by atoms with Crippen molar-refractivity contribution in [3.05, 3.63) is 34.7 Å². The van der Waals surface area contributed by atoms with E-state index in [9.17, 15) is 9.59 Å². The summed E-state index contributed by atoms with van der Waals surface area (Å²) in [7, 11) is 0. The Kier molecular flexibility index (Phi) is 1.85. The molecule has 0 aliphatic rings. The lowest BCUT2D eigenvalue weighted by molar-refractivity contribution is -0.115. The van der Waals surface area contributed by atoms with Crippen LogP contribution < -0.4 is 11.1 Å². The SMILES string of the molecule is CC(=O)Nn1c(=O)[nH]c2ccccc21. The zero-order valence-electron chi connectivity index (χ0n) is 7.57. The number of hydrogen-bond donors (Lipinski definition) is 2. The van der Waals surface area contributed by atoms with Crippen LogP contribution in [0.15, 0.2) is 29.1 Å². The zero-order valence-corrected chi connectivity index (χ0v) is 7.57. The summed E-state index contributed by atoms with van der Waals surface area (Å²) in [4.78, 5) is 24.8. The topological polar surface area (TPSA) is 66.9 Å². The fourth-order valence-electron chi connectivity index (χ4n) is 1.32. The van der Waals surface area contributed by atoms with Crippen LogP contribution >= 0.6 is 0 Å². The number of amides is 1. The Bertz CT molecular complexity index is 538. The Hall–Kier alpha value is -2.04. The van der Waals surface area contributed by atoms with Crippen molar-refractivity contribution in [2.24, 2.45) is 0 Å². The van der Waals surface area contributed by atoms with Gasteiger partial charge < -0.3 is 4.98 Å². The molecule has 2 aromatic rings. The minimum absolute atomic E-state index is 0.281. The third-order valence-corrected chi connectivity index (χ3v) is 1.86. The molecule has 0 aliphatic heterocycles. The van der Waals surface area contributed by atoms with Gasteiger partial charge in [0.25, 0.3) is 0 Å². The van der Waals surface area contributed by atoms with Crippen LogP contribution in [0.3, 0.4) is 0 Å². The number of imidazole rings is 1. The Morgan fingerprint density at radius 2 is 2.14 bits per heavy atom. The molecule has 1 heterocycles. The number of nitrogens with one attached hydrogen (secondary N) is 2. The summed E-state index contributed by atoms with van der Waals surface area (Å²) in [5.41, 5.74) is 3.44. The number of rotatable bonds is 1. The molecule has 2 N–H and O–H groups in total. The number of carbonyl (C=O) groups excluding carboxylic acids is 1. The maximum absolute atomic E-state index is 11.4. The first-order chi connectivity index (χ1) is 6.68. The van der Waals surface area contributed by atoms with E-state index in [-0.39, 0.29) is 11.6 Å². The largest absolute Gasteiger partial charge is 0.345 e. The smallest absolute Gasteiger partial charge is 0.304 e. The molecule has 1 amide bonds. The van der Waals surface area contributed by atoms with Crippen molar-refractivity contribution in [1.82, 2.24) is 9.66 Å². The molecule has 0 unspecified atom stereocenters. The Morgan fingerprint density at radius 1 is 1.43 bits per heavy atom. The van der Waals surface area contributed by atoms with Gasteiger partial charge in [-0.1, -0.05) is 12.1 Å². The van der Waals surface area contributed by atoms with Crippen LogP contribution in [-0.4, -0.2) is 15.6 Å². The number of para-hydroxylation sites is 2. The van der Waals surface area contributed by atoms with Crippen molar-refractivity contribution >= 4 is 16.9 Å². The van der Waals surface area contributed by atoms with Crippen LogP contribution in [0.5, 0.6) is 0 Å². The van der Waals surface area contributed by atoms with Crippen molar-refractivity contribution in [2.75, 3.05) is 5.43 Å². The van der Waals surface area contributed by atoms with Crippen molar-refractivity contribution < 1.29 is 4.79 Å². The number of carbonyl (C=O) groups is 1. The molecule has 0 saturated heterocycles. The molecule has 5 nitrogen and oxygen atoms in total. The highest BCUT2D eigenvalue weighted by molar-refractivity contribution is 5.84. The van der Waals surface area contributed by atoms with Gasteiger partial charge in [0.05, 0.1) is 11.0 Å². The van der Waals surface area contributed by atoms with Crippen LogP contribution in [0.25, 0.3) is 11.0 Å². The first-order valence-electron chi connectivity index (χ1n) is 4.16. The highest BCUT2D eigenvalue weighted by atomic mass is 16.2. The van der Waals surface area contributed by atoms with Gasteiger partial charge in [-0.15, -0.1) is 0 Å². The lowest BCUT2D eigenvalue weighted by atomic mass is 10.3. The Labute approximate surface area is 79.3 Å². The molecule has 0 saturated carbocycles. The standard InChI is InChI=1S/C9H9N3O2/c1-6(13)11-12-8-5-3-2-4-7(8)10-9(12)14/h2-5H,1H3,(H,10,14)(H,11,13). The second-order valence-corrected chi connectivity index (χ2v) is 2.95. The van der Waals surface area contributed by atoms with E-state index in [0.717, 1.165) is 0 Å². The predicted octanol–water partition coefficient (Wildman–Crippen LogP) is 0.420. The van der Waals surface area contributed by atoms with E-state index < -0.39 is 0 Å². The molecule has 0 radical (unpaired) electrons. The predicted molar refractivity (Wildman–Crippen MR) is 52.6 cm³/mol. The maximum Gasteiger partial charge on any atom is 0.345 e. The summed E-state index contributed by atoms with van der Waals surface area (Å²) < 4.78 is 1.19. The molecule has 14 heavy (non-hydrogen) atoms. The van der Waals surface area contributed by atoms with Gasteiger partial charge in [-0.05, 0) is 12.1 Å². The van der Waals surface area contributed by atoms with E-state index in [0.29, 0.717) is 11.0 Å². The number of fused-ring (bicyclic) bond motifs is 1. The van der Waals surface area contributed by atoms with Gasteiger partial charge >= 0.3 is 5.69 Å². The molecule has 0 atom stereocenters. The molecule has 1 aromatic carbocycles. The number of H-pyrrole nitrogens is 1. The lowest BCUT2D eigenvalue weighted by Gasteiger charge is -2.01. The second-order valence-electron chi connectivity index (χ2n) is 2.95. The molecule has 2 rings (SSSR count). The summed E-state index contributed by atoms with van der Waals surface area (Å²) in [6, 6.07) is 7.14. The van der Waals surface area contributed by atoms with Gasteiger partial charge in [0.1, 0.15) is 0 Å². The number of nitrogens with zero attached hydrogens (tertiary/aromatic N) is 1. The number of aromatic nitrogens is 2. The highest BCUT2D eigenvalue weighted by Gasteiger charge is 2.05. The van der Waals surface area contributed by atoms with E-state index in [1.807, 2.05) is 6.07 Å². The van der Waals surface area contributed by atoms with Gasteiger partial charge in [0.15, 0.2) is 0 Å². The average Bonchev–Trinajstić information content (AvgIpc) is 2.43. The van der Waals surface area contributed by atoms with Gasteiger partial charge in [-0.25, -0.2) is 9.47 Å². The van der Waals surface area contributed by atoms with Gasteiger partial charge in [0, 0.05) is 6.92 Å². The van der Waals surface area contributed by atoms with E-state index in [2.05, 4.69) is 10.4 Å². The van der Waals surface area contributed by atoms with Gasteiger partial charge in [0.2, 0.25) is 5.91 Å². The number of aromatic amines is 1. The van der Waals surface area contributed by atoms with Crippen molar-refractivity contribution in [2.45, 2.75) is 6.92 Å². The Morgan fingerprint density at radius 3 is 2.86 bits per heavy atom. The summed E-state index contributed by atoms with van der Waals surface area (Å²) in [5.74, 6) is -0.281. The minimum Gasteiger partial charge on any atom is -0.304 e. The van der Waals surface area contributed by atoms with E-state index in [4.69, 9.17) is 0 Å². The molecule has 0 bridgehead atoms. The van der Waals surface area contributed by atoms with Crippen LogP contribution in [0, 0.1) is 0 Å². The molecule has 0 aliphatic carbocycles. The summed E-state index contributed by atoms with van der Waals surface area (Å²) >= 11 is 0. The first kappa shape index (κ1) is 8.55. The molecule has 5 heteroatoms. The molecular formula is C9H9N3O2. The fraction of sp³-hybridized carbons (Fsp3) is 0.111. The third-order valence-electron chi connectivity index (χ3n) is 1.86. The van der Waals surface area contributed by atoms with Gasteiger partial charge in [-0.2, -0.15) is 0 Å². The molecule has 1 aromatic heterocycles. The van der Waals surface area contributed by atoms with E-state index >= 15 is 0 Å². The van der Waals surface area contributed by atoms with Gasteiger partial charge in [-0.3, -0.25) is 10.2 Å². The molecular weight excluding hydrogens is 182 g/mol. The monoisotopic (exact) mass is 191 g/mol. The van der Waals surface area contributed by atoms with Crippen LogP contribution in [0.4, 0.5) is 0 Å². The molecule has 72 valence electrons. The van der Waals surface area contributed by atoms with Crippen molar-refractivity contribution in [1.29, 1.82) is 0 Å². The highest BCUT2D eigenvalue weighted by Crippen LogP contribution is 2.06. The summed E-state index contributed by atoms with van der Waals surface area (Å²) in [5, 5.41) is 0. The number of hydrogen-bond acceptors (Lipinski definition) is 2. The van der Waals surface area contributed by atoms with Crippen molar-refractivity contribution in [3.63, 3.8) is 0 Å². The van der Waals surface area contributed by atoms with Crippen molar-refractivity contribution in [3.8, 4) is 0 Å². The van der Waals surface area contributed by atoms with E-state index in [1.165, 1.54) is 11.6 Å². The maximum atomic E-state index is 11.4. The third kappa shape index (κ3) is 1.28. The first-order valence-corrected chi connectivity index (χ1v) is 4.16. The van der Waals surface area contributed by atoms with Crippen LogP contribution in [0.1, 0.15) is 6.92 Å². The quantitative estimate of drug-likeness (QED) is 0.686. The van der Waals surface area contributed by atoms with Crippen LogP contribution in [-0.2, 0) is 4.79 Å². The number of benzene rings is 1. The second kappa shape index (κ2) is 3.02. The fourth-order valence-corrected chi connectivity index (χ4v) is 1.32. The summed E-state index contributed by atoms with van der Waals surface area (Å²) in [6.07, 6.45) is 0. The van der Waals surface area contributed by atoms with E-state index in [1.54, 1.807) is 18.2 Å². The normalized spacial score (nSPS) is 10.4. The van der Waals surface area contributed by atoms with Crippen LogP contribution in [0.2, 0.25) is 0 Å². The average molecular weight is 191 g/mol. The zero-order chi connectivity index (χ0) is 10.1. The summed E-state index contributed by atoms with van der Waals surface area (Å²) in [6.45, 7) is 1.36. The lowest BCUT2D eigenvalue weighted by Crippen LogP contribution is -2.29.